The molecular weight excluding hydrogens is 326 g/mol. The fourth-order valence-corrected chi connectivity index (χ4v) is 3.40. The standard InChI is InChI=1S/C19H31N7/c1-19(2,3)26-18(20-21-22-26)17(25-13-11-24(6)12-14-25)15-7-9-16(10-8-15)23(4)5/h7-10,17H,11-14H2,1-6H3. The van der Waals surface area contributed by atoms with Crippen LogP contribution in [0.3, 0.4) is 0 Å². The summed E-state index contributed by atoms with van der Waals surface area (Å²) in [5, 5.41) is 12.8. The van der Waals surface area contributed by atoms with E-state index in [-0.39, 0.29) is 11.6 Å². The number of likely N-dealkylation sites (N-methyl/N-ethyl adjacent to an activating group) is 1. The van der Waals surface area contributed by atoms with Crippen LogP contribution in [0.5, 0.6) is 0 Å². The van der Waals surface area contributed by atoms with Crippen LogP contribution in [0.2, 0.25) is 0 Å². The molecule has 1 aromatic heterocycles. The van der Waals surface area contributed by atoms with Gasteiger partial charge in [0.2, 0.25) is 0 Å². The molecule has 0 N–H and O–H groups in total. The molecule has 0 saturated carbocycles. The Morgan fingerprint density at radius 1 is 1.00 bits per heavy atom. The second-order valence-electron chi connectivity index (χ2n) is 8.35. The molecule has 0 amide bonds. The number of rotatable bonds is 4. The first kappa shape index (κ1) is 18.8. The van der Waals surface area contributed by atoms with Crippen molar-refractivity contribution in [2.45, 2.75) is 32.4 Å². The van der Waals surface area contributed by atoms with Crippen molar-refractivity contribution in [3.63, 3.8) is 0 Å². The molecule has 1 unspecified atom stereocenters. The fourth-order valence-electron chi connectivity index (χ4n) is 3.40. The van der Waals surface area contributed by atoms with Crippen molar-refractivity contribution in [3.8, 4) is 0 Å². The molecule has 0 radical (unpaired) electrons. The number of nitrogens with zero attached hydrogens (tertiary/aromatic N) is 7. The summed E-state index contributed by atoms with van der Waals surface area (Å²) in [4.78, 5) is 6.99. The van der Waals surface area contributed by atoms with Crippen LogP contribution in [0.1, 0.15) is 38.2 Å². The molecule has 2 heterocycles. The molecule has 1 aliphatic rings. The van der Waals surface area contributed by atoms with Crippen LogP contribution in [0.15, 0.2) is 24.3 Å². The van der Waals surface area contributed by atoms with Crippen molar-refractivity contribution in [1.82, 2.24) is 30.0 Å². The highest BCUT2D eigenvalue weighted by Gasteiger charge is 2.32. The highest BCUT2D eigenvalue weighted by molar-refractivity contribution is 5.47. The molecule has 2 aromatic rings. The number of tetrazole rings is 1. The van der Waals surface area contributed by atoms with Gasteiger partial charge in [0.05, 0.1) is 11.6 Å². The first-order valence-corrected chi connectivity index (χ1v) is 9.26. The summed E-state index contributed by atoms with van der Waals surface area (Å²) < 4.78 is 1.97. The van der Waals surface area contributed by atoms with E-state index in [9.17, 15) is 0 Å². The third-order valence-electron chi connectivity index (χ3n) is 5.00. The molecule has 0 aliphatic carbocycles. The van der Waals surface area contributed by atoms with Crippen LogP contribution in [0, 0.1) is 0 Å². The number of anilines is 1. The van der Waals surface area contributed by atoms with Gasteiger partial charge in [-0.25, -0.2) is 4.68 Å². The number of benzene rings is 1. The molecule has 0 bridgehead atoms. The van der Waals surface area contributed by atoms with Gasteiger partial charge in [-0.3, -0.25) is 4.90 Å². The monoisotopic (exact) mass is 357 g/mol. The summed E-state index contributed by atoms with van der Waals surface area (Å²) in [7, 11) is 6.30. The Balaban J connectivity index is 2.01. The second-order valence-corrected chi connectivity index (χ2v) is 8.35. The summed E-state index contributed by atoms with van der Waals surface area (Å²) in [6.45, 7) is 10.6. The largest absolute Gasteiger partial charge is 0.378 e. The van der Waals surface area contributed by atoms with E-state index in [4.69, 9.17) is 0 Å². The lowest BCUT2D eigenvalue weighted by molar-refractivity contribution is 0.118. The first-order chi connectivity index (χ1) is 12.3. The second kappa shape index (κ2) is 7.32. The lowest BCUT2D eigenvalue weighted by Crippen LogP contribution is -2.47. The predicted molar refractivity (Wildman–Crippen MR) is 104 cm³/mol. The Morgan fingerprint density at radius 3 is 2.15 bits per heavy atom. The number of hydrogen-bond donors (Lipinski definition) is 0. The zero-order chi connectivity index (χ0) is 18.9. The highest BCUT2D eigenvalue weighted by Crippen LogP contribution is 2.31. The summed E-state index contributed by atoms with van der Waals surface area (Å²) in [6.07, 6.45) is 0. The Bertz CT molecular complexity index is 706. The summed E-state index contributed by atoms with van der Waals surface area (Å²) in [6, 6.07) is 8.82. The Hall–Kier alpha value is -1.99. The molecule has 1 fully saturated rings. The molecule has 26 heavy (non-hydrogen) atoms. The molecule has 142 valence electrons. The molecule has 7 heteroatoms. The van der Waals surface area contributed by atoms with Gasteiger partial charge in [-0.1, -0.05) is 12.1 Å². The number of aromatic nitrogens is 4. The van der Waals surface area contributed by atoms with Gasteiger partial charge in [-0.15, -0.1) is 5.10 Å². The molecule has 3 rings (SSSR count). The smallest absolute Gasteiger partial charge is 0.173 e. The lowest BCUT2D eigenvalue weighted by Gasteiger charge is -2.38. The van der Waals surface area contributed by atoms with E-state index in [2.05, 4.69) is 96.4 Å². The normalized spacial score (nSPS) is 18.1. The van der Waals surface area contributed by atoms with Crippen LogP contribution < -0.4 is 4.90 Å². The highest BCUT2D eigenvalue weighted by atomic mass is 15.6. The van der Waals surface area contributed by atoms with Crippen LogP contribution in [0.25, 0.3) is 0 Å². The Morgan fingerprint density at radius 2 is 1.62 bits per heavy atom. The van der Waals surface area contributed by atoms with Crippen LogP contribution in [-0.4, -0.2) is 77.3 Å². The van der Waals surface area contributed by atoms with Gasteiger partial charge in [0.1, 0.15) is 0 Å². The van der Waals surface area contributed by atoms with E-state index in [0.717, 1.165) is 32.0 Å². The van der Waals surface area contributed by atoms with E-state index < -0.39 is 0 Å². The van der Waals surface area contributed by atoms with Gasteiger partial charge in [0.15, 0.2) is 5.82 Å². The maximum Gasteiger partial charge on any atom is 0.173 e. The molecule has 1 aliphatic heterocycles. The SMILES string of the molecule is CN1CCN(C(c2ccc(N(C)C)cc2)c2nnnn2C(C)(C)C)CC1. The van der Waals surface area contributed by atoms with E-state index in [1.807, 2.05) is 4.68 Å². The van der Waals surface area contributed by atoms with Crippen LogP contribution in [-0.2, 0) is 5.54 Å². The van der Waals surface area contributed by atoms with Crippen molar-refractivity contribution >= 4 is 5.69 Å². The quantitative estimate of drug-likeness (QED) is 0.832. The summed E-state index contributed by atoms with van der Waals surface area (Å²) in [5.74, 6) is 0.916. The maximum absolute atomic E-state index is 4.45. The van der Waals surface area contributed by atoms with E-state index >= 15 is 0 Å². The molecule has 1 atom stereocenters. The molecular formula is C19H31N7. The topological polar surface area (TPSA) is 53.3 Å². The fraction of sp³-hybridized carbons (Fsp3) is 0.632. The van der Waals surface area contributed by atoms with Crippen LogP contribution in [0.4, 0.5) is 5.69 Å². The molecule has 0 spiro atoms. The van der Waals surface area contributed by atoms with Crippen molar-refractivity contribution in [2.75, 3.05) is 52.2 Å². The van der Waals surface area contributed by atoms with Gasteiger partial charge in [-0.2, -0.15) is 0 Å². The van der Waals surface area contributed by atoms with Crippen molar-refractivity contribution in [1.29, 1.82) is 0 Å². The average Bonchev–Trinajstić information content (AvgIpc) is 3.07. The minimum absolute atomic E-state index is 0.0640. The van der Waals surface area contributed by atoms with Gasteiger partial charge in [0, 0.05) is 46.0 Å². The minimum Gasteiger partial charge on any atom is -0.378 e. The maximum atomic E-state index is 4.45. The van der Waals surface area contributed by atoms with E-state index in [0.29, 0.717) is 0 Å². The third-order valence-corrected chi connectivity index (χ3v) is 5.00. The van der Waals surface area contributed by atoms with Crippen molar-refractivity contribution in [2.24, 2.45) is 0 Å². The van der Waals surface area contributed by atoms with Gasteiger partial charge < -0.3 is 9.80 Å². The van der Waals surface area contributed by atoms with E-state index in [1.54, 1.807) is 0 Å². The van der Waals surface area contributed by atoms with E-state index in [1.165, 1.54) is 11.3 Å². The average molecular weight is 358 g/mol. The minimum atomic E-state index is -0.159. The first-order valence-electron chi connectivity index (χ1n) is 9.26. The lowest BCUT2D eigenvalue weighted by atomic mass is 10.0. The van der Waals surface area contributed by atoms with Gasteiger partial charge in [-0.05, 0) is 55.9 Å². The Labute approximate surface area is 156 Å². The van der Waals surface area contributed by atoms with Crippen molar-refractivity contribution in [3.05, 3.63) is 35.7 Å². The number of piperazine rings is 1. The summed E-state index contributed by atoms with van der Waals surface area (Å²) >= 11 is 0. The number of hydrogen-bond acceptors (Lipinski definition) is 6. The molecule has 1 aromatic carbocycles. The van der Waals surface area contributed by atoms with Crippen molar-refractivity contribution < 1.29 is 0 Å². The zero-order valence-electron chi connectivity index (χ0n) is 16.8. The molecule has 7 nitrogen and oxygen atoms in total. The van der Waals surface area contributed by atoms with Gasteiger partial charge in [0.25, 0.3) is 0 Å². The van der Waals surface area contributed by atoms with Crippen LogP contribution >= 0.6 is 0 Å². The zero-order valence-corrected chi connectivity index (χ0v) is 16.8. The predicted octanol–water partition coefficient (Wildman–Crippen LogP) is 1.83. The Kier molecular flexibility index (Phi) is 5.29. The third kappa shape index (κ3) is 3.88. The molecule has 1 saturated heterocycles. The van der Waals surface area contributed by atoms with Gasteiger partial charge >= 0.3 is 0 Å². The summed E-state index contributed by atoms with van der Waals surface area (Å²) in [5.41, 5.74) is 2.27.